The molecule has 0 aliphatic carbocycles. The number of sulfonamides is 1. The molecule has 1 aliphatic heterocycles. The van der Waals surface area contributed by atoms with Gasteiger partial charge in [-0.2, -0.15) is 0 Å². The summed E-state index contributed by atoms with van der Waals surface area (Å²) in [7, 11) is -5.37. The van der Waals surface area contributed by atoms with Gasteiger partial charge >= 0.3 is 6.09 Å². The second-order valence-corrected chi connectivity index (χ2v) is 16.9. The van der Waals surface area contributed by atoms with Gasteiger partial charge in [0.2, 0.25) is 10.0 Å². The van der Waals surface area contributed by atoms with Crippen LogP contribution in [0.2, 0.25) is 5.02 Å². The van der Waals surface area contributed by atoms with Crippen molar-refractivity contribution < 1.29 is 27.0 Å². The molecular formula is C31H46ClN5O6S2. The van der Waals surface area contributed by atoms with Crippen molar-refractivity contribution >= 4 is 60.4 Å². The zero-order valence-electron chi connectivity index (χ0n) is 27.0. The minimum absolute atomic E-state index is 0.103. The molecule has 45 heavy (non-hydrogen) atoms. The van der Waals surface area contributed by atoms with E-state index in [0.717, 1.165) is 36.2 Å². The van der Waals surface area contributed by atoms with E-state index >= 15 is 0 Å². The lowest BCUT2D eigenvalue weighted by molar-refractivity contribution is 0.0240. The molecule has 1 heterocycles. The highest BCUT2D eigenvalue weighted by molar-refractivity contribution is 7.92. The van der Waals surface area contributed by atoms with E-state index in [9.17, 15) is 22.2 Å². The second-order valence-electron chi connectivity index (χ2n) is 12.3. The minimum Gasteiger partial charge on any atom is -0.444 e. The summed E-state index contributed by atoms with van der Waals surface area (Å²) in [6, 6.07) is 9.43. The third-order valence-electron chi connectivity index (χ3n) is 7.46. The molecule has 1 atom stereocenters. The molecule has 1 saturated heterocycles. The van der Waals surface area contributed by atoms with Gasteiger partial charge < -0.3 is 19.9 Å². The Labute approximate surface area is 273 Å². The average Bonchev–Trinajstić information content (AvgIpc) is 2.96. The third-order valence-corrected chi connectivity index (χ3v) is 10.8. The van der Waals surface area contributed by atoms with Gasteiger partial charge in [-0.05, 0) is 63.6 Å². The molecule has 0 spiro atoms. The highest BCUT2D eigenvalue weighted by Crippen LogP contribution is 2.31. The van der Waals surface area contributed by atoms with E-state index in [-0.39, 0.29) is 33.8 Å². The number of nitrogens with one attached hydrogen (secondary N) is 2. The summed E-state index contributed by atoms with van der Waals surface area (Å²) in [5, 5.41) is 2.88. The van der Waals surface area contributed by atoms with Crippen molar-refractivity contribution in [1.82, 2.24) is 4.90 Å². The van der Waals surface area contributed by atoms with Gasteiger partial charge in [0.1, 0.15) is 5.60 Å². The zero-order chi connectivity index (χ0) is 33.6. The summed E-state index contributed by atoms with van der Waals surface area (Å²) in [6.07, 6.45) is 5.50. The van der Waals surface area contributed by atoms with E-state index in [2.05, 4.69) is 12.2 Å². The molecule has 2 aromatic carbocycles. The molecule has 3 rings (SSSR count). The van der Waals surface area contributed by atoms with Crippen LogP contribution in [-0.2, 0) is 24.5 Å². The number of ether oxygens (including phenoxy) is 1. The Hall–Kier alpha value is -3.03. The summed E-state index contributed by atoms with van der Waals surface area (Å²) >= 11 is 6.50. The lowest BCUT2D eigenvalue weighted by atomic mass is 10.1. The van der Waals surface area contributed by atoms with E-state index in [1.165, 1.54) is 25.2 Å². The van der Waals surface area contributed by atoms with Crippen LogP contribution in [0, 0.1) is 4.78 Å². The van der Waals surface area contributed by atoms with Crippen LogP contribution in [0.15, 0.2) is 41.3 Å². The smallest absolute Gasteiger partial charge is 0.410 e. The van der Waals surface area contributed by atoms with Gasteiger partial charge in [-0.1, -0.05) is 44.2 Å². The van der Waals surface area contributed by atoms with Crippen molar-refractivity contribution in [1.29, 1.82) is 4.78 Å². The van der Waals surface area contributed by atoms with Gasteiger partial charge in [-0.25, -0.2) is 22.2 Å². The standard InChI is InChI=1S/C31H46ClN5O6S2/c1-7-8-9-10-11-20-45(33,42)24-13-14-27(26(32)22-24)34-29(38)25-21-23(12-15-28(25)35(5)44(6,40)41)36-16-18-37(19-17-36)30(39)43-31(2,3)4/h12-15,21-22,33H,7-11,16-20H2,1-6H3,(H,34,38). The predicted octanol–water partition coefficient (Wildman–Crippen LogP) is 6.42. The van der Waals surface area contributed by atoms with Crippen molar-refractivity contribution in [3.63, 3.8) is 0 Å². The first-order valence-corrected chi connectivity index (χ1v) is 19.1. The number of halogens is 1. The molecule has 0 bridgehead atoms. The van der Waals surface area contributed by atoms with E-state index in [4.69, 9.17) is 21.1 Å². The number of unbranched alkanes of at least 4 members (excludes halogenated alkanes) is 4. The second kappa shape index (κ2) is 15.0. The fourth-order valence-corrected chi connectivity index (χ4v) is 7.10. The van der Waals surface area contributed by atoms with E-state index in [1.54, 1.807) is 23.1 Å². The highest BCUT2D eigenvalue weighted by Gasteiger charge is 2.28. The first kappa shape index (κ1) is 36.4. The number of benzene rings is 2. The normalized spacial score (nSPS) is 15.4. The summed E-state index contributed by atoms with van der Waals surface area (Å²) in [6.45, 7) is 9.37. The number of rotatable bonds is 12. The van der Waals surface area contributed by atoms with Crippen molar-refractivity contribution in [2.75, 3.05) is 59.8 Å². The molecule has 2 N–H and O–H groups in total. The van der Waals surface area contributed by atoms with E-state index in [1.807, 2.05) is 25.7 Å². The van der Waals surface area contributed by atoms with Gasteiger partial charge in [-0.3, -0.25) is 9.10 Å². The van der Waals surface area contributed by atoms with Crippen molar-refractivity contribution in [3.05, 3.63) is 47.0 Å². The van der Waals surface area contributed by atoms with E-state index in [0.29, 0.717) is 43.2 Å². The van der Waals surface area contributed by atoms with Crippen LogP contribution in [0.25, 0.3) is 0 Å². The van der Waals surface area contributed by atoms with Crippen LogP contribution in [0.4, 0.5) is 21.9 Å². The maximum Gasteiger partial charge on any atom is 0.410 e. The molecule has 0 saturated carbocycles. The number of amides is 2. The SMILES string of the molecule is CCCCCCCS(=N)(=O)c1ccc(NC(=O)c2cc(N3CCN(C(=O)OC(C)(C)C)CC3)ccc2N(C)S(C)(=O)=O)c(Cl)c1. The van der Waals surface area contributed by atoms with Crippen LogP contribution in [0.5, 0.6) is 0 Å². The molecule has 2 aromatic rings. The topological polar surface area (TPSA) is 140 Å². The summed E-state index contributed by atoms with van der Waals surface area (Å²) in [4.78, 5) is 30.1. The predicted molar refractivity (Wildman–Crippen MR) is 182 cm³/mol. The van der Waals surface area contributed by atoms with Crippen LogP contribution >= 0.6 is 11.6 Å². The Bertz CT molecular complexity index is 1580. The molecule has 250 valence electrons. The minimum atomic E-state index is -3.69. The van der Waals surface area contributed by atoms with Crippen molar-refractivity contribution in [2.24, 2.45) is 0 Å². The fraction of sp³-hybridized carbons (Fsp3) is 0.548. The largest absolute Gasteiger partial charge is 0.444 e. The molecule has 11 nitrogen and oxygen atoms in total. The Kier molecular flexibility index (Phi) is 12.2. The molecule has 1 fully saturated rings. The summed E-state index contributed by atoms with van der Waals surface area (Å²) < 4.78 is 52.9. The maximum atomic E-state index is 13.7. The summed E-state index contributed by atoms with van der Waals surface area (Å²) in [5.41, 5.74) is 0.606. The van der Waals surface area contributed by atoms with Crippen LogP contribution < -0.4 is 14.5 Å². The third kappa shape index (κ3) is 10.2. The number of piperazine rings is 1. The number of nitrogens with zero attached hydrogens (tertiary/aromatic N) is 3. The first-order chi connectivity index (χ1) is 20.9. The van der Waals surface area contributed by atoms with Gasteiger partial charge in [0, 0.05) is 49.6 Å². The Morgan fingerprint density at radius 1 is 1.00 bits per heavy atom. The monoisotopic (exact) mass is 683 g/mol. The molecule has 1 unspecified atom stereocenters. The lowest BCUT2D eigenvalue weighted by Crippen LogP contribution is -2.50. The number of carbonyl (C=O) groups is 2. The number of hydrogen-bond donors (Lipinski definition) is 2. The Morgan fingerprint density at radius 3 is 2.22 bits per heavy atom. The number of anilines is 3. The van der Waals surface area contributed by atoms with Crippen molar-refractivity contribution in [2.45, 2.75) is 70.3 Å². The fourth-order valence-electron chi connectivity index (χ4n) is 4.85. The highest BCUT2D eigenvalue weighted by atomic mass is 35.5. The Morgan fingerprint density at radius 2 is 1.64 bits per heavy atom. The van der Waals surface area contributed by atoms with Crippen molar-refractivity contribution in [3.8, 4) is 0 Å². The van der Waals surface area contributed by atoms with Gasteiger partial charge in [0.15, 0.2) is 0 Å². The van der Waals surface area contributed by atoms with Crippen LogP contribution in [-0.4, -0.2) is 80.4 Å². The quantitative estimate of drug-likeness (QED) is 0.246. The number of hydrogen-bond acceptors (Lipinski definition) is 8. The summed E-state index contributed by atoms with van der Waals surface area (Å²) in [5.74, 6) is -0.356. The lowest BCUT2D eigenvalue weighted by Gasteiger charge is -2.37. The Balaban J connectivity index is 1.82. The van der Waals surface area contributed by atoms with E-state index < -0.39 is 31.3 Å². The first-order valence-electron chi connectivity index (χ1n) is 15.1. The van der Waals surface area contributed by atoms with Crippen LogP contribution in [0.3, 0.4) is 0 Å². The van der Waals surface area contributed by atoms with Crippen LogP contribution in [0.1, 0.15) is 70.2 Å². The molecule has 1 aliphatic rings. The maximum absolute atomic E-state index is 13.7. The van der Waals surface area contributed by atoms with Gasteiger partial charge in [-0.15, -0.1) is 0 Å². The van der Waals surface area contributed by atoms with Gasteiger partial charge in [0.25, 0.3) is 5.91 Å². The molecule has 0 radical (unpaired) electrons. The van der Waals surface area contributed by atoms with Gasteiger partial charge in [0.05, 0.1) is 37.9 Å². The molecular weight excluding hydrogens is 638 g/mol. The number of carbonyl (C=O) groups excluding carboxylic acids is 2. The molecule has 14 heteroatoms. The molecule has 0 aromatic heterocycles. The molecule has 2 amide bonds. The average molecular weight is 684 g/mol. The zero-order valence-corrected chi connectivity index (χ0v) is 29.4.